The van der Waals surface area contributed by atoms with Crippen LogP contribution in [0.4, 0.5) is 0 Å². The van der Waals surface area contributed by atoms with Gasteiger partial charge in [-0.2, -0.15) is 0 Å². The second-order valence-corrected chi connectivity index (χ2v) is 1.54. The zero-order chi connectivity index (χ0) is 6.69. The van der Waals surface area contributed by atoms with E-state index in [2.05, 4.69) is 4.98 Å². The van der Waals surface area contributed by atoms with E-state index in [1.807, 2.05) is 0 Å². The predicted octanol–water partition coefficient (Wildman–Crippen LogP) is 0.399. The molecule has 48 valence electrons. The van der Waals surface area contributed by atoms with Gasteiger partial charge in [-0.25, -0.2) is 4.79 Å². The molecular weight excluding hydrogens is 255 g/mol. The maximum atomic E-state index is 10.2. The van der Waals surface area contributed by atoms with Crippen molar-refractivity contribution in [2.75, 3.05) is 0 Å². The Morgan fingerprint density at radius 3 is 2.20 bits per heavy atom. The second kappa shape index (κ2) is 4.92. The molecule has 0 atom stereocenters. The van der Waals surface area contributed by atoms with Gasteiger partial charge in [-0.15, -0.1) is 0 Å². The fourth-order valence-electron chi connectivity index (χ4n) is 0.494. The Hall–Kier alpha value is 0.191. The average molecular weight is 260 g/mol. The summed E-state index contributed by atoms with van der Waals surface area (Å²) < 4.78 is 0. The summed E-state index contributed by atoms with van der Waals surface area (Å²) in [6.45, 7) is 0. The molecule has 1 N–H and O–H groups in total. The van der Waals surface area contributed by atoms with Gasteiger partial charge in [-0.3, -0.25) is 4.98 Å². The van der Waals surface area contributed by atoms with Crippen molar-refractivity contribution in [1.29, 1.82) is 0 Å². The van der Waals surface area contributed by atoms with Gasteiger partial charge in [0.1, 0.15) is 0 Å². The van der Waals surface area contributed by atoms with Gasteiger partial charge in [-0.1, -0.05) is 0 Å². The van der Waals surface area contributed by atoms with Crippen LogP contribution in [0.5, 0.6) is 0 Å². The third-order valence-corrected chi connectivity index (χ3v) is 0.927. The number of carboxylic acids is 1. The molecule has 1 aromatic heterocycles. The molecule has 0 saturated heterocycles. The minimum Gasteiger partial charge on any atom is -0.478 e. The van der Waals surface area contributed by atoms with Gasteiger partial charge in [0.25, 0.3) is 0 Å². The molecule has 1 heterocycles. The SMILES string of the molecule is O=C(O)c1ccncc1.[Ba]. The molecule has 0 saturated carbocycles. The zero-order valence-corrected chi connectivity index (χ0v) is 9.76. The zero-order valence-electron chi connectivity index (χ0n) is 5.32. The first-order valence-electron chi connectivity index (χ1n) is 2.44. The van der Waals surface area contributed by atoms with Crippen molar-refractivity contribution in [2.45, 2.75) is 0 Å². The van der Waals surface area contributed by atoms with Crippen molar-refractivity contribution in [3.05, 3.63) is 30.1 Å². The van der Waals surface area contributed by atoms with Crippen LogP contribution in [-0.2, 0) is 0 Å². The molecule has 1 aromatic rings. The summed E-state index contributed by atoms with van der Waals surface area (Å²) in [5.74, 6) is -0.919. The summed E-state index contributed by atoms with van der Waals surface area (Å²) in [5, 5.41) is 8.36. The van der Waals surface area contributed by atoms with Crippen LogP contribution in [0.3, 0.4) is 0 Å². The number of nitrogens with zero attached hydrogens (tertiary/aromatic N) is 1. The number of aromatic nitrogens is 1. The molecule has 0 unspecified atom stereocenters. The standard InChI is InChI=1S/C6H5NO2.Ba/c8-6(9)5-1-3-7-4-2-5;/h1-4H,(H,8,9);. The molecule has 2 radical (unpaired) electrons. The van der Waals surface area contributed by atoms with E-state index < -0.39 is 5.97 Å². The van der Waals surface area contributed by atoms with E-state index in [0.717, 1.165) is 0 Å². The van der Waals surface area contributed by atoms with E-state index >= 15 is 0 Å². The minimum absolute atomic E-state index is 0. The fraction of sp³-hybridized carbons (Fsp3) is 0. The second-order valence-electron chi connectivity index (χ2n) is 1.54. The molecule has 0 aromatic carbocycles. The molecule has 10 heavy (non-hydrogen) atoms. The largest absolute Gasteiger partial charge is 0.478 e. The van der Waals surface area contributed by atoms with Gasteiger partial charge in [0.2, 0.25) is 0 Å². The van der Waals surface area contributed by atoms with E-state index in [-0.39, 0.29) is 54.4 Å². The Kier molecular flexibility index (Phi) is 5.02. The number of pyridine rings is 1. The van der Waals surface area contributed by atoms with E-state index in [1.54, 1.807) is 0 Å². The van der Waals surface area contributed by atoms with Gasteiger partial charge >= 0.3 is 5.97 Å². The first kappa shape index (κ1) is 10.2. The van der Waals surface area contributed by atoms with Crippen molar-refractivity contribution in [3.63, 3.8) is 0 Å². The summed E-state index contributed by atoms with van der Waals surface area (Å²) in [7, 11) is 0. The minimum atomic E-state index is -0.919. The molecule has 4 heteroatoms. The van der Waals surface area contributed by atoms with E-state index in [9.17, 15) is 4.79 Å². The van der Waals surface area contributed by atoms with Crippen LogP contribution in [0, 0.1) is 0 Å². The van der Waals surface area contributed by atoms with Gasteiger partial charge < -0.3 is 5.11 Å². The summed E-state index contributed by atoms with van der Waals surface area (Å²) >= 11 is 0. The van der Waals surface area contributed by atoms with Crippen molar-refractivity contribution in [3.8, 4) is 0 Å². The number of hydrogen-bond donors (Lipinski definition) is 1. The van der Waals surface area contributed by atoms with Crippen LogP contribution in [0.15, 0.2) is 24.5 Å². The van der Waals surface area contributed by atoms with Crippen LogP contribution in [0.25, 0.3) is 0 Å². The Morgan fingerprint density at radius 2 is 1.90 bits per heavy atom. The molecule has 1 rings (SSSR count). The quantitative estimate of drug-likeness (QED) is 0.744. The topological polar surface area (TPSA) is 50.2 Å². The van der Waals surface area contributed by atoms with E-state index in [4.69, 9.17) is 5.11 Å². The Labute approximate surface area is 98.5 Å². The Morgan fingerprint density at radius 1 is 1.40 bits per heavy atom. The molecule has 3 nitrogen and oxygen atoms in total. The summed E-state index contributed by atoms with van der Waals surface area (Å²) in [5.41, 5.74) is 0.269. The van der Waals surface area contributed by atoms with Crippen molar-refractivity contribution in [1.82, 2.24) is 4.98 Å². The van der Waals surface area contributed by atoms with Gasteiger partial charge in [0.15, 0.2) is 0 Å². The van der Waals surface area contributed by atoms with E-state index in [0.29, 0.717) is 0 Å². The van der Waals surface area contributed by atoms with Gasteiger partial charge in [0.05, 0.1) is 5.56 Å². The normalized spacial score (nSPS) is 8.00. The predicted molar refractivity (Wildman–Crippen MR) is 37.0 cm³/mol. The number of aromatic carboxylic acids is 1. The Balaban J connectivity index is 0.000000810. The van der Waals surface area contributed by atoms with Gasteiger partial charge in [-0.05, 0) is 12.1 Å². The molecule has 0 aliphatic carbocycles. The molecule has 0 aliphatic heterocycles. The van der Waals surface area contributed by atoms with E-state index in [1.165, 1.54) is 24.5 Å². The first-order chi connectivity index (χ1) is 4.30. The Bertz CT molecular complexity index is 212. The van der Waals surface area contributed by atoms with Crippen molar-refractivity contribution < 1.29 is 9.90 Å². The fourth-order valence-corrected chi connectivity index (χ4v) is 0.494. The maximum absolute atomic E-state index is 10.2. The smallest absolute Gasteiger partial charge is 0.335 e. The van der Waals surface area contributed by atoms with Crippen LogP contribution < -0.4 is 0 Å². The van der Waals surface area contributed by atoms with Crippen LogP contribution in [0.2, 0.25) is 0 Å². The van der Waals surface area contributed by atoms with Crippen LogP contribution in [-0.4, -0.2) is 64.9 Å². The molecule has 0 fully saturated rings. The summed E-state index contributed by atoms with van der Waals surface area (Å²) in [6, 6.07) is 2.89. The third kappa shape index (κ3) is 2.85. The number of rotatable bonds is 1. The first-order valence-corrected chi connectivity index (χ1v) is 2.44. The van der Waals surface area contributed by atoms with Gasteiger partial charge in [0, 0.05) is 61.3 Å². The molecule has 0 bridgehead atoms. The van der Waals surface area contributed by atoms with Crippen molar-refractivity contribution in [2.24, 2.45) is 0 Å². The molecule has 0 spiro atoms. The van der Waals surface area contributed by atoms with Crippen LogP contribution >= 0.6 is 0 Å². The van der Waals surface area contributed by atoms with Crippen molar-refractivity contribution >= 4 is 54.9 Å². The third-order valence-electron chi connectivity index (χ3n) is 0.927. The number of carbonyl (C=O) groups is 1. The number of carboxylic acid groups (broad SMARTS) is 1. The summed E-state index contributed by atoms with van der Waals surface area (Å²) in [6.07, 6.45) is 2.90. The molecule has 0 amide bonds. The number of hydrogen-bond acceptors (Lipinski definition) is 2. The molecular formula is C6H5BaNO2. The maximum Gasteiger partial charge on any atom is 0.335 e. The monoisotopic (exact) mass is 261 g/mol. The van der Waals surface area contributed by atoms with Crippen LogP contribution in [0.1, 0.15) is 10.4 Å². The summed E-state index contributed by atoms with van der Waals surface area (Å²) in [4.78, 5) is 13.8. The molecule has 0 aliphatic rings. The average Bonchev–Trinajstić information content (AvgIpc) is 1.90.